The van der Waals surface area contributed by atoms with Gasteiger partial charge in [-0.2, -0.15) is 0 Å². The van der Waals surface area contributed by atoms with Gasteiger partial charge in [0.1, 0.15) is 0 Å². The minimum Gasteiger partial charge on any atom is -0.313 e. The monoisotopic (exact) mass is 230 g/mol. The maximum Gasteiger partial charge on any atom is 0.343 e. The molecule has 15 heavy (non-hydrogen) atoms. The van der Waals surface area contributed by atoms with Crippen molar-refractivity contribution in [1.29, 1.82) is 0 Å². The fourth-order valence-corrected chi connectivity index (χ4v) is 2.34. The molecule has 1 aromatic heterocycles. The highest BCUT2D eigenvalue weighted by molar-refractivity contribution is 7.99. The van der Waals surface area contributed by atoms with E-state index in [1.165, 1.54) is 4.57 Å². The molecule has 0 spiro atoms. The smallest absolute Gasteiger partial charge is 0.313 e. The molecule has 0 aromatic carbocycles. The van der Waals surface area contributed by atoms with Gasteiger partial charge in [-0.3, -0.25) is 4.57 Å². The summed E-state index contributed by atoms with van der Waals surface area (Å²) in [6.45, 7) is 5.22. The van der Waals surface area contributed by atoms with Crippen LogP contribution in [0.4, 0.5) is 0 Å². The summed E-state index contributed by atoms with van der Waals surface area (Å²) < 4.78 is 1.53. The van der Waals surface area contributed by atoms with Gasteiger partial charge in [0.2, 0.25) is 0 Å². The van der Waals surface area contributed by atoms with Crippen molar-refractivity contribution in [2.75, 3.05) is 12.3 Å². The van der Waals surface area contributed by atoms with Crippen LogP contribution in [-0.2, 0) is 7.05 Å². The Morgan fingerprint density at radius 3 is 2.80 bits per heavy atom. The summed E-state index contributed by atoms with van der Waals surface area (Å²) in [7, 11) is 1.72. The Kier molecular flexibility index (Phi) is 4.90. The number of hydrogen-bond donors (Lipinski definition) is 2. The summed E-state index contributed by atoms with van der Waals surface area (Å²) in [6, 6.07) is 0.479. The molecule has 0 fully saturated rings. The van der Waals surface area contributed by atoms with Gasteiger partial charge in [-0.15, -0.1) is 5.10 Å². The standard InChI is InChI=1S/C9H18N4OS/c1-4-7(10-5-2)6-15-9-12-11-8(14)13(9)3/h7,10H,4-6H2,1-3H3,(H,11,14). The van der Waals surface area contributed by atoms with E-state index in [2.05, 4.69) is 29.4 Å². The lowest BCUT2D eigenvalue weighted by Gasteiger charge is -2.14. The molecule has 5 nitrogen and oxygen atoms in total. The van der Waals surface area contributed by atoms with E-state index in [4.69, 9.17) is 0 Å². The molecule has 1 rings (SSSR count). The van der Waals surface area contributed by atoms with Crippen LogP contribution in [0.1, 0.15) is 20.3 Å². The molecule has 6 heteroatoms. The lowest BCUT2D eigenvalue weighted by Crippen LogP contribution is -2.30. The molecular formula is C9H18N4OS. The van der Waals surface area contributed by atoms with E-state index in [0.717, 1.165) is 23.9 Å². The van der Waals surface area contributed by atoms with Crippen LogP contribution < -0.4 is 11.0 Å². The Balaban J connectivity index is 2.48. The first-order valence-corrected chi connectivity index (χ1v) is 6.15. The van der Waals surface area contributed by atoms with Crippen molar-refractivity contribution < 1.29 is 0 Å². The second-order valence-corrected chi connectivity index (χ2v) is 4.33. The topological polar surface area (TPSA) is 62.7 Å². The van der Waals surface area contributed by atoms with Crippen molar-refractivity contribution in [2.24, 2.45) is 7.05 Å². The van der Waals surface area contributed by atoms with Gasteiger partial charge in [0.25, 0.3) is 0 Å². The van der Waals surface area contributed by atoms with Gasteiger partial charge in [0, 0.05) is 18.8 Å². The Labute approximate surface area is 93.6 Å². The lowest BCUT2D eigenvalue weighted by molar-refractivity contribution is 0.559. The first kappa shape index (κ1) is 12.3. The maximum atomic E-state index is 11.1. The molecule has 0 amide bonds. The highest BCUT2D eigenvalue weighted by Crippen LogP contribution is 2.14. The molecule has 1 heterocycles. The summed E-state index contributed by atoms with van der Waals surface area (Å²) in [5.74, 6) is 0.933. The fourth-order valence-electron chi connectivity index (χ4n) is 1.25. The Bertz CT molecular complexity index is 346. The minimum absolute atomic E-state index is 0.158. The van der Waals surface area contributed by atoms with Crippen LogP contribution in [0.15, 0.2) is 9.95 Å². The molecule has 0 saturated heterocycles. The lowest BCUT2D eigenvalue weighted by atomic mass is 10.2. The number of thioether (sulfide) groups is 1. The molecule has 1 unspecified atom stereocenters. The van der Waals surface area contributed by atoms with Crippen molar-refractivity contribution in [3.63, 3.8) is 0 Å². The second-order valence-electron chi connectivity index (χ2n) is 3.34. The first-order chi connectivity index (χ1) is 7.19. The molecular weight excluding hydrogens is 212 g/mol. The van der Waals surface area contributed by atoms with E-state index in [1.54, 1.807) is 18.8 Å². The van der Waals surface area contributed by atoms with Gasteiger partial charge in [-0.05, 0) is 13.0 Å². The number of nitrogens with zero attached hydrogens (tertiary/aromatic N) is 2. The van der Waals surface area contributed by atoms with Gasteiger partial charge in [0.15, 0.2) is 5.16 Å². The summed E-state index contributed by atoms with van der Waals surface area (Å²) in [5, 5.41) is 10.5. The zero-order chi connectivity index (χ0) is 11.3. The highest BCUT2D eigenvalue weighted by atomic mass is 32.2. The van der Waals surface area contributed by atoms with Gasteiger partial charge < -0.3 is 5.32 Å². The Morgan fingerprint density at radius 1 is 1.60 bits per heavy atom. The third-order valence-electron chi connectivity index (χ3n) is 2.24. The van der Waals surface area contributed by atoms with Crippen LogP contribution in [-0.4, -0.2) is 33.1 Å². The molecule has 0 bridgehead atoms. The average Bonchev–Trinajstić information content (AvgIpc) is 2.55. The summed E-state index contributed by atoms with van der Waals surface area (Å²) in [6.07, 6.45) is 1.08. The van der Waals surface area contributed by atoms with Crippen LogP contribution in [0.2, 0.25) is 0 Å². The van der Waals surface area contributed by atoms with Crippen LogP contribution in [0.5, 0.6) is 0 Å². The number of nitrogens with one attached hydrogen (secondary N) is 2. The maximum absolute atomic E-state index is 11.1. The van der Waals surface area contributed by atoms with Gasteiger partial charge in [-0.1, -0.05) is 25.6 Å². The summed E-state index contributed by atoms with van der Waals surface area (Å²) in [4.78, 5) is 11.1. The molecule has 2 N–H and O–H groups in total. The quantitative estimate of drug-likeness (QED) is 0.702. The summed E-state index contributed by atoms with van der Waals surface area (Å²) >= 11 is 1.60. The van der Waals surface area contributed by atoms with E-state index >= 15 is 0 Å². The Hall–Kier alpha value is -0.750. The van der Waals surface area contributed by atoms with Gasteiger partial charge in [-0.25, -0.2) is 9.89 Å². The largest absolute Gasteiger partial charge is 0.343 e. The zero-order valence-electron chi connectivity index (χ0n) is 9.41. The highest BCUT2D eigenvalue weighted by Gasteiger charge is 2.09. The number of aromatic amines is 1. The third-order valence-corrected chi connectivity index (χ3v) is 3.43. The van der Waals surface area contributed by atoms with Crippen LogP contribution in [0.25, 0.3) is 0 Å². The summed E-state index contributed by atoms with van der Waals surface area (Å²) in [5.41, 5.74) is -0.158. The molecule has 86 valence electrons. The average molecular weight is 230 g/mol. The number of aromatic nitrogens is 3. The van der Waals surface area contributed by atoms with E-state index < -0.39 is 0 Å². The number of rotatable bonds is 6. The van der Waals surface area contributed by atoms with E-state index in [9.17, 15) is 4.79 Å². The number of H-pyrrole nitrogens is 1. The third kappa shape index (κ3) is 3.39. The first-order valence-electron chi connectivity index (χ1n) is 5.16. The normalized spacial score (nSPS) is 13.0. The van der Waals surface area contributed by atoms with Crippen molar-refractivity contribution in [1.82, 2.24) is 20.1 Å². The van der Waals surface area contributed by atoms with Crippen molar-refractivity contribution >= 4 is 11.8 Å². The fraction of sp³-hybridized carbons (Fsp3) is 0.778. The van der Waals surface area contributed by atoms with Crippen LogP contribution in [0.3, 0.4) is 0 Å². The van der Waals surface area contributed by atoms with Crippen LogP contribution in [0, 0.1) is 0 Å². The molecule has 0 radical (unpaired) electrons. The van der Waals surface area contributed by atoms with Crippen molar-refractivity contribution in [3.05, 3.63) is 10.5 Å². The minimum atomic E-state index is -0.158. The molecule has 0 aliphatic heterocycles. The zero-order valence-corrected chi connectivity index (χ0v) is 10.2. The molecule has 0 saturated carbocycles. The van der Waals surface area contributed by atoms with Crippen LogP contribution >= 0.6 is 11.8 Å². The van der Waals surface area contributed by atoms with E-state index in [0.29, 0.717) is 6.04 Å². The predicted octanol–water partition coefficient (Wildman–Crippen LogP) is 0.589. The van der Waals surface area contributed by atoms with Crippen molar-refractivity contribution in [2.45, 2.75) is 31.5 Å². The van der Waals surface area contributed by atoms with Gasteiger partial charge in [0.05, 0.1) is 0 Å². The molecule has 0 aliphatic rings. The SMILES string of the molecule is CCNC(CC)CSc1n[nH]c(=O)n1C. The predicted molar refractivity (Wildman–Crippen MR) is 62.3 cm³/mol. The number of hydrogen-bond acceptors (Lipinski definition) is 4. The van der Waals surface area contributed by atoms with E-state index in [-0.39, 0.29) is 5.69 Å². The Morgan fingerprint density at radius 2 is 2.33 bits per heavy atom. The van der Waals surface area contributed by atoms with Gasteiger partial charge >= 0.3 is 5.69 Å². The molecule has 1 aromatic rings. The molecule has 1 atom stereocenters. The second kappa shape index (κ2) is 5.97. The van der Waals surface area contributed by atoms with E-state index in [1.807, 2.05) is 0 Å². The van der Waals surface area contributed by atoms with Crippen molar-refractivity contribution in [3.8, 4) is 0 Å². The molecule has 0 aliphatic carbocycles.